The van der Waals surface area contributed by atoms with Crippen LogP contribution in [0.2, 0.25) is 0 Å². The van der Waals surface area contributed by atoms with Gasteiger partial charge < -0.3 is 10.3 Å². The molecule has 2 rings (SSSR count). The smallest absolute Gasteiger partial charge is 0.243 e. The molecule has 20 heavy (non-hydrogen) atoms. The van der Waals surface area contributed by atoms with Gasteiger partial charge in [0, 0.05) is 6.42 Å². The molecular weight excluding hydrogens is 250 g/mol. The fourth-order valence-electron chi connectivity index (χ4n) is 2.07. The van der Waals surface area contributed by atoms with Crippen molar-refractivity contribution < 1.29 is 4.52 Å². The second-order valence-corrected chi connectivity index (χ2v) is 5.56. The summed E-state index contributed by atoms with van der Waals surface area (Å²) in [6.07, 6.45) is 1.67. The van der Waals surface area contributed by atoms with Crippen molar-refractivity contribution in [3.63, 3.8) is 0 Å². The molecule has 2 atom stereocenters. The highest BCUT2D eigenvalue weighted by Gasteiger charge is 2.20. The summed E-state index contributed by atoms with van der Waals surface area (Å²) in [6.45, 7) is 8.42. The Morgan fingerprint density at radius 3 is 2.65 bits per heavy atom. The molecule has 0 aliphatic carbocycles. The van der Waals surface area contributed by atoms with Gasteiger partial charge in [-0.15, -0.1) is 0 Å². The first-order valence-electron chi connectivity index (χ1n) is 7.15. The summed E-state index contributed by atoms with van der Waals surface area (Å²) in [5, 5.41) is 4.04. The predicted molar refractivity (Wildman–Crippen MR) is 79.4 cm³/mol. The van der Waals surface area contributed by atoms with E-state index in [9.17, 15) is 0 Å². The van der Waals surface area contributed by atoms with Crippen LogP contribution in [-0.2, 0) is 6.42 Å². The molecule has 0 bridgehead atoms. The van der Waals surface area contributed by atoms with Crippen LogP contribution in [0.4, 0.5) is 0 Å². The molecule has 1 heterocycles. The molecule has 0 aliphatic heterocycles. The van der Waals surface area contributed by atoms with Gasteiger partial charge in [0.1, 0.15) is 0 Å². The second-order valence-electron chi connectivity index (χ2n) is 5.56. The van der Waals surface area contributed by atoms with Gasteiger partial charge in [-0.05, 0) is 36.5 Å². The average Bonchev–Trinajstić information content (AvgIpc) is 2.89. The molecule has 1 aromatic carbocycles. The Kier molecular flexibility index (Phi) is 4.55. The van der Waals surface area contributed by atoms with E-state index >= 15 is 0 Å². The van der Waals surface area contributed by atoms with Gasteiger partial charge in [-0.25, -0.2) is 0 Å². The molecular formula is C16H23N3O. The number of benzene rings is 1. The van der Waals surface area contributed by atoms with Crippen LogP contribution < -0.4 is 5.73 Å². The van der Waals surface area contributed by atoms with Crippen LogP contribution in [0, 0.1) is 19.8 Å². The Hall–Kier alpha value is -1.68. The van der Waals surface area contributed by atoms with Crippen molar-refractivity contribution in [2.45, 2.75) is 46.6 Å². The van der Waals surface area contributed by atoms with Crippen LogP contribution in [0.3, 0.4) is 0 Å². The molecule has 0 saturated heterocycles. The average molecular weight is 273 g/mol. The van der Waals surface area contributed by atoms with E-state index in [-0.39, 0.29) is 6.04 Å². The molecule has 0 radical (unpaired) electrons. The molecule has 4 heteroatoms. The zero-order chi connectivity index (χ0) is 14.7. The SMILES string of the molecule is CCC(C)C(N)c1nc(Cc2ccc(C)c(C)c2)no1. The summed E-state index contributed by atoms with van der Waals surface area (Å²) in [6, 6.07) is 6.21. The van der Waals surface area contributed by atoms with Gasteiger partial charge in [0.05, 0.1) is 6.04 Å². The van der Waals surface area contributed by atoms with E-state index in [1.54, 1.807) is 0 Å². The lowest BCUT2D eigenvalue weighted by Crippen LogP contribution is -2.18. The fourth-order valence-corrected chi connectivity index (χ4v) is 2.07. The van der Waals surface area contributed by atoms with Crippen molar-refractivity contribution in [3.05, 3.63) is 46.6 Å². The maximum Gasteiger partial charge on any atom is 0.243 e. The van der Waals surface area contributed by atoms with Crippen molar-refractivity contribution in [2.75, 3.05) is 0 Å². The zero-order valence-electron chi connectivity index (χ0n) is 12.7. The quantitative estimate of drug-likeness (QED) is 0.907. The third-order valence-electron chi connectivity index (χ3n) is 3.96. The summed E-state index contributed by atoms with van der Waals surface area (Å²) in [7, 11) is 0. The van der Waals surface area contributed by atoms with Gasteiger partial charge >= 0.3 is 0 Å². The molecule has 2 N–H and O–H groups in total. The van der Waals surface area contributed by atoms with Gasteiger partial charge in [-0.2, -0.15) is 4.98 Å². The lowest BCUT2D eigenvalue weighted by molar-refractivity contribution is 0.310. The zero-order valence-corrected chi connectivity index (χ0v) is 12.7. The molecule has 0 fully saturated rings. The molecule has 108 valence electrons. The van der Waals surface area contributed by atoms with Crippen molar-refractivity contribution in [3.8, 4) is 0 Å². The van der Waals surface area contributed by atoms with E-state index in [0.29, 0.717) is 24.1 Å². The number of aryl methyl sites for hydroxylation is 2. The van der Waals surface area contributed by atoms with Crippen molar-refractivity contribution in [1.82, 2.24) is 10.1 Å². The molecule has 4 nitrogen and oxygen atoms in total. The first-order chi connectivity index (χ1) is 9.51. The Bertz CT molecular complexity index is 577. The van der Waals surface area contributed by atoms with E-state index in [4.69, 9.17) is 10.3 Å². The molecule has 0 aliphatic rings. The number of nitrogens with zero attached hydrogens (tertiary/aromatic N) is 2. The summed E-state index contributed by atoms with van der Waals surface area (Å²) in [5.41, 5.74) is 9.87. The van der Waals surface area contributed by atoms with Crippen molar-refractivity contribution >= 4 is 0 Å². The minimum Gasteiger partial charge on any atom is -0.338 e. The standard InChI is InChI=1S/C16H23N3O/c1-5-10(2)15(17)16-18-14(19-20-16)9-13-7-6-11(3)12(4)8-13/h6-8,10,15H,5,9,17H2,1-4H3. The Morgan fingerprint density at radius 1 is 1.25 bits per heavy atom. The largest absolute Gasteiger partial charge is 0.338 e. The normalized spacial score (nSPS) is 14.2. The fraction of sp³-hybridized carbons (Fsp3) is 0.500. The van der Waals surface area contributed by atoms with Crippen LogP contribution >= 0.6 is 0 Å². The van der Waals surface area contributed by atoms with Crippen LogP contribution in [-0.4, -0.2) is 10.1 Å². The third-order valence-corrected chi connectivity index (χ3v) is 3.96. The van der Waals surface area contributed by atoms with Crippen LogP contribution in [0.15, 0.2) is 22.7 Å². The van der Waals surface area contributed by atoms with Gasteiger partial charge in [0.2, 0.25) is 5.89 Å². The molecule has 0 spiro atoms. The monoisotopic (exact) mass is 273 g/mol. The first-order valence-corrected chi connectivity index (χ1v) is 7.15. The first kappa shape index (κ1) is 14.7. The topological polar surface area (TPSA) is 64.9 Å². The number of aromatic nitrogens is 2. The lowest BCUT2D eigenvalue weighted by atomic mass is 10.0. The minimum atomic E-state index is -0.180. The van der Waals surface area contributed by atoms with Crippen molar-refractivity contribution in [2.24, 2.45) is 11.7 Å². The van der Waals surface area contributed by atoms with Gasteiger partial charge in [-0.3, -0.25) is 0 Å². The molecule has 0 saturated carbocycles. The minimum absolute atomic E-state index is 0.180. The van der Waals surface area contributed by atoms with Gasteiger partial charge in [0.15, 0.2) is 5.82 Å². The van der Waals surface area contributed by atoms with E-state index < -0.39 is 0 Å². The molecule has 2 aromatic rings. The molecule has 1 aromatic heterocycles. The summed E-state index contributed by atoms with van der Waals surface area (Å²) in [4.78, 5) is 4.42. The van der Waals surface area contributed by atoms with Crippen LogP contribution in [0.25, 0.3) is 0 Å². The summed E-state index contributed by atoms with van der Waals surface area (Å²) in [5.74, 6) is 1.57. The predicted octanol–water partition coefficient (Wildman–Crippen LogP) is 3.32. The molecule has 0 amide bonds. The Morgan fingerprint density at radius 2 is 2.00 bits per heavy atom. The summed E-state index contributed by atoms with van der Waals surface area (Å²) < 4.78 is 5.29. The highest BCUT2D eigenvalue weighted by atomic mass is 16.5. The van der Waals surface area contributed by atoms with E-state index in [0.717, 1.165) is 6.42 Å². The molecule has 2 unspecified atom stereocenters. The number of hydrogen-bond donors (Lipinski definition) is 1. The number of rotatable bonds is 5. The highest BCUT2D eigenvalue weighted by Crippen LogP contribution is 2.21. The van der Waals surface area contributed by atoms with Crippen molar-refractivity contribution in [1.29, 1.82) is 0 Å². The van der Waals surface area contributed by atoms with E-state index in [1.807, 2.05) is 0 Å². The number of hydrogen-bond acceptors (Lipinski definition) is 4. The maximum atomic E-state index is 6.10. The lowest BCUT2D eigenvalue weighted by Gasteiger charge is -2.12. The van der Waals surface area contributed by atoms with Crippen LogP contribution in [0.1, 0.15) is 54.7 Å². The second kappa shape index (κ2) is 6.18. The highest BCUT2D eigenvalue weighted by molar-refractivity contribution is 5.31. The third kappa shape index (κ3) is 3.25. The number of nitrogens with two attached hydrogens (primary N) is 1. The van der Waals surface area contributed by atoms with Gasteiger partial charge in [0.25, 0.3) is 0 Å². The van der Waals surface area contributed by atoms with E-state index in [2.05, 4.69) is 56.0 Å². The van der Waals surface area contributed by atoms with Crippen LogP contribution in [0.5, 0.6) is 0 Å². The van der Waals surface area contributed by atoms with Gasteiger partial charge in [-0.1, -0.05) is 43.6 Å². The summed E-state index contributed by atoms with van der Waals surface area (Å²) >= 11 is 0. The van der Waals surface area contributed by atoms with E-state index in [1.165, 1.54) is 16.7 Å². The maximum absolute atomic E-state index is 6.10. The Labute approximate surface area is 120 Å². The Balaban J connectivity index is 2.11.